The molecule has 2 aliphatic rings. The molecule has 1 aliphatic heterocycles. The Kier molecular flexibility index (Phi) is 5.98. The van der Waals surface area contributed by atoms with Gasteiger partial charge in [0.15, 0.2) is 5.60 Å². The third-order valence-electron chi connectivity index (χ3n) is 5.04. The lowest BCUT2D eigenvalue weighted by molar-refractivity contribution is -0.132. The fourth-order valence-corrected chi connectivity index (χ4v) is 3.38. The zero-order valence-corrected chi connectivity index (χ0v) is 17.6. The van der Waals surface area contributed by atoms with E-state index >= 15 is 0 Å². The number of ether oxygens (including phenoxy) is 2. The molecule has 0 radical (unpaired) electrons. The van der Waals surface area contributed by atoms with Crippen molar-refractivity contribution in [2.75, 3.05) is 18.1 Å². The minimum atomic E-state index is -0.925. The molecule has 1 heterocycles. The number of fused-ring (bicyclic) bond motifs is 1. The Hall–Kier alpha value is -2.08. The van der Waals surface area contributed by atoms with Crippen LogP contribution in [-0.2, 0) is 9.53 Å². The molecule has 0 unspecified atom stereocenters. The number of benzene rings is 1. The maximum atomic E-state index is 13.0. The molecule has 1 aromatic carbocycles. The number of carbonyl (C=O) groups is 2. The van der Waals surface area contributed by atoms with E-state index in [0.717, 1.165) is 25.0 Å². The van der Waals surface area contributed by atoms with E-state index in [0.29, 0.717) is 29.6 Å². The van der Waals surface area contributed by atoms with Crippen LogP contribution in [0.5, 0.6) is 5.75 Å². The van der Waals surface area contributed by atoms with Crippen LogP contribution in [-0.4, -0.2) is 42.7 Å². The third-order valence-corrected chi connectivity index (χ3v) is 5.04. The number of nitrogens with one attached hydrogen (secondary N) is 1. The number of hydrogen-bond acceptors (Lipinski definition) is 4. The summed E-state index contributed by atoms with van der Waals surface area (Å²) < 4.78 is 11.7. The van der Waals surface area contributed by atoms with Crippen molar-refractivity contribution in [3.8, 4) is 5.75 Å². The van der Waals surface area contributed by atoms with Crippen molar-refractivity contribution in [3.05, 3.63) is 23.3 Å². The summed E-state index contributed by atoms with van der Waals surface area (Å²) in [6, 6.07) is 3.69. The Balaban J connectivity index is 1.80. The SMILES string of the molecule is Cc1cc2c(cc1C(=O)NC(C)C)N(CCCCOC1CC1)C(=O)C(C)(C)O2. The van der Waals surface area contributed by atoms with Gasteiger partial charge in [-0.3, -0.25) is 9.59 Å². The summed E-state index contributed by atoms with van der Waals surface area (Å²) in [5, 5.41) is 2.93. The van der Waals surface area contributed by atoms with Gasteiger partial charge in [0, 0.05) is 24.8 Å². The average molecular weight is 389 g/mol. The van der Waals surface area contributed by atoms with Gasteiger partial charge < -0.3 is 19.7 Å². The van der Waals surface area contributed by atoms with Gasteiger partial charge in [0.05, 0.1) is 11.8 Å². The first-order valence-electron chi connectivity index (χ1n) is 10.3. The molecule has 6 nitrogen and oxygen atoms in total. The van der Waals surface area contributed by atoms with Crippen LogP contribution in [0.2, 0.25) is 0 Å². The average Bonchev–Trinajstić information content (AvgIpc) is 3.40. The summed E-state index contributed by atoms with van der Waals surface area (Å²) in [5.41, 5.74) is 1.16. The Bertz CT molecular complexity index is 753. The van der Waals surface area contributed by atoms with Crippen molar-refractivity contribution in [2.24, 2.45) is 0 Å². The highest BCUT2D eigenvalue weighted by atomic mass is 16.5. The molecule has 1 N–H and O–H groups in total. The maximum Gasteiger partial charge on any atom is 0.270 e. The van der Waals surface area contributed by atoms with Crippen molar-refractivity contribution in [1.82, 2.24) is 5.32 Å². The second kappa shape index (κ2) is 8.11. The Morgan fingerprint density at radius 3 is 2.68 bits per heavy atom. The quantitative estimate of drug-likeness (QED) is 0.691. The van der Waals surface area contributed by atoms with Gasteiger partial charge in [0.1, 0.15) is 5.75 Å². The number of amides is 2. The Labute approximate surface area is 167 Å². The summed E-state index contributed by atoms with van der Waals surface area (Å²) >= 11 is 0. The van der Waals surface area contributed by atoms with E-state index in [-0.39, 0.29) is 17.9 Å². The number of nitrogens with zero attached hydrogens (tertiary/aromatic N) is 1. The van der Waals surface area contributed by atoms with Gasteiger partial charge in [-0.2, -0.15) is 0 Å². The monoisotopic (exact) mass is 388 g/mol. The first-order valence-corrected chi connectivity index (χ1v) is 10.3. The maximum absolute atomic E-state index is 13.0. The van der Waals surface area contributed by atoms with Crippen molar-refractivity contribution >= 4 is 17.5 Å². The number of rotatable bonds is 8. The van der Waals surface area contributed by atoms with Crippen molar-refractivity contribution in [2.45, 2.75) is 78.0 Å². The molecular formula is C22H32N2O4. The molecule has 0 bridgehead atoms. The van der Waals surface area contributed by atoms with Gasteiger partial charge in [-0.25, -0.2) is 0 Å². The van der Waals surface area contributed by atoms with Crippen LogP contribution >= 0.6 is 0 Å². The van der Waals surface area contributed by atoms with E-state index in [1.54, 1.807) is 24.8 Å². The van der Waals surface area contributed by atoms with Crippen molar-refractivity contribution in [1.29, 1.82) is 0 Å². The first kappa shape index (κ1) is 20.6. The molecule has 2 amide bonds. The van der Waals surface area contributed by atoms with E-state index < -0.39 is 5.60 Å². The van der Waals surface area contributed by atoms with Gasteiger partial charge >= 0.3 is 0 Å². The number of aryl methyl sites for hydroxylation is 1. The molecule has 0 aromatic heterocycles. The molecule has 0 saturated heterocycles. The minimum Gasteiger partial charge on any atom is -0.476 e. The fourth-order valence-electron chi connectivity index (χ4n) is 3.38. The number of hydrogen-bond donors (Lipinski definition) is 1. The second-order valence-corrected chi connectivity index (χ2v) is 8.61. The summed E-state index contributed by atoms with van der Waals surface area (Å²) in [7, 11) is 0. The van der Waals surface area contributed by atoms with Gasteiger partial charge in [0.2, 0.25) is 0 Å². The summed E-state index contributed by atoms with van der Waals surface area (Å²) in [6.45, 7) is 10.6. The fraction of sp³-hybridized carbons (Fsp3) is 0.636. The largest absolute Gasteiger partial charge is 0.476 e. The topological polar surface area (TPSA) is 67.9 Å². The van der Waals surface area contributed by atoms with Crippen LogP contribution in [0.15, 0.2) is 12.1 Å². The van der Waals surface area contributed by atoms with Crippen molar-refractivity contribution in [3.63, 3.8) is 0 Å². The number of unbranched alkanes of at least 4 members (excludes halogenated alkanes) is 1. The highest BCUT2D eigenvalue weighted by Crippen LogP contribution is 2.40. The van der Waals surface area contributed by atoms with E-state index in [1.165, 1.54) is 12.8 Å². The Morgan fingerprint density at radius 1 is 1.32 bits per heavy atom. The lowest BCUT2D eigenvalue weighted by Gasteiger charge is -2.39. The molecule has 1 aromatic rings. The van der Waals surface area contributed by atoms with E-state index in [1.807, 2.05) is 26.8 Å². The predicted octanol–water partition coefficient (Wildman–Crippen LogP) is 3.60. The van der Waals surface area contributed by atoms with Crippen LogP contribution in [0.25, 0.3) is 0 Å². The molecule has 28 heavy (non-hydrogen) atoms. The molecule has 1 saturated carbocycles. The van der Waals surface area contributed by atoms with E-state index in [4.69, 9.17) is 9.47 Å². The lowest BCUT2D eigenvalue weighted by atomic mass is 9.99. The van der Waals surface area contributed by atoms with E-state index in [9.17, 15) is 9.59 Å². The molecule has 3 rings (SSSR count). The van der Waals surface area contributed by atoms with Gasteiger partial charge in [-0.05, 0) is 78.0 Å². The molecule has 154 valence electrons. The molecule has 1 fully saturated rings. The summed E-state index contributed by atoms with van der Waals surface area (Å²) in [5.74, 6) is 0.435. The molecule has 0 atom stereocenters. The zero-order valence-electron chi connectivity index (χ0n) is 17.6. The highest BCUT2D eigenvalue weighted by molar-refractivity contribution is 6.04. The molecule has 6 heteroatoms. The molecule has 1 aliphatic carbocycles. The van der Waals surface area contributed by atoms with Crippen LogP contribution in [0, 0.1) is 6.92 Å². The highest BCUT2D eigenvalue weighted by Gasteiger charge is 2.41. The molecular weight excluding hydrogens is 356 g/mol. The van der Waals surface area contributed by atoms with Gasteiger partial charge in [-0.15, -0.1) is 0 Å². The normalized spacial score (nSPS) is 18.1. The van der Waals surface area contributed by atoms with Gasteiger partial charge in [0.25, 0.3) is 11.8 Å². The van der Waals surface area contributed by atoms with Crippen LogP contribution in [0.1, 0.15) is 69.3 Å². The third kappa shape index (κ3) is 4.66. The first-order chi connectivity index (χ1) is 13.2. The zero-order chi connectivity index (χ0) is 20.5. The van der Waals surface area contributed by atoms with Crippen LogP contribution in [0.3, 0.4) is 0 Å². The second-order valence-electron chi connectivity index (χ2n) is 8.61. The number of carbonyl (C=O) groups excluding carboxylic acids is 2. The minimum absolute atomic E-state index is 0.0438. The lowest BCUT2D eigenvalue weighted by Crippen LogP contribution is -2.53. The van der Waals surface area contributed by atoms with Crippen LogP contribution in [0.4, 0.5) is 5.69 Å². The smallest absolute Gasteiger partial charge is 0.270 e. The number of anilines is 1. The predicted molar refractivity (Wildman–Crippen MR) is 109 cm³/mol. The summed E-state index contributed by atoms with van der Waals surface area (Å²) in [4.78, 5) is 27.3. The Morgan fingerprint density at radius 2 is 2.04 bits per heavy atom. The van der Waals surface area contributed by atoms with Crippen molar-refractivity contribution < 1.29 is 19.1 Å². The standard InChI is InChI=1S/C22H32N2O4/c1-14(2)23-20(25)17-13-18-19(12-15(17)3)28-22(4,5)21(26)24(18)10-6-7-11-27-16-8-9-16/h12-14,16H,6-11H2,1-5H3,(H,23,25). The van der Waals surface area contributed by atoms with Crippen LogP contribution < -0.4 is 15.0 Å². The van der Waals surface area contributed by atoms with E-state index in [2.05, 4.69) is 5.32 Å². The molecule has 0 spiro atoms. The van der Waals surface area contributed by atoms with Gasteiger partial charge in [-0.1, -0.05) is 0 Å². The summed E-state index contributed by atoms with van der Waals surface area (Å²) in [6.07, 6.45) is 4.54.